The number of hydroxylamine groups is 2. The SMILES string of the molecule is CSCCC(NC(=O)C1=CC(C)(C)N(O)C1(C)C)C(=O)O. The molecule has 21 heavy (non-hydrogen) atoms. The summed E-state index contributed by atoms with van der Waals surface area (Å²) in [6.07, 6.45) is 3.92. The van der Waals surface area contributed by atoms with E-state index in [4.69, 9.17) is 0 Å². The van der Waals surface area contributed by atoms with Gasteiger partial charge in [0.25, 0.3) is 0 Å². The van der Waals surface area contributed by atoms with Crippen LogP contribution >= 0.6 is 11.8 Å². The van der Waals surface area contributed by atoms with E-state index in [1.807, 2.05) is 6.26 Å². The number of carboxylic acid groups (broad SMARTS) is 1. The van der Waals surface area contributed by atoms with Crippen LogP contribution in [0.25, 0.3) is 0 Å². The molecule has 1 amide bonds. The molecule has 120 valence electrons. The maximum atomic E-state index is 12.4. The molecule has 7 heteroatoms. The van der Waals surface area contributed by atoms with Gasteiger partial charge in [0.2, 0.25) is 5.91 Å². The van der Waals surface area contributed by atoms with Gasteiger partial charge in [-0.1, -0.05) is 6.08 Å². The Hall–Kier alpha value is -1.05. The first kappa shape index (κ1) is 18.0. The summed E-state index contributed by atoms with van der Waals surface area (Å²) in [5.74, 6) is -0.843. The summed E-state index contributed by atoms with van der Waals surface area (Å²) in [7, 11) is 0. The van der Waals surface area contributed by atoms with Crippen LogP contribution in [0.15, 0.2) is 11.6 Å². The molecule has 1 aliphatic heterocycles. The number of rotatable bonds is 6. The second-order valence-corrected chi connectivity index (χ2v) is 7.21. The Morgan fingerprint density at radius 2 is 1.95 bits per heavy atom. The Morgan fingerprint density at radius 3 is 2.33 bits per heavy atom. The van der Waals surface area contributed by atoms with Gasteiger partial charge in [0, 0.05) is 5.57 Å². The third kappa shape index (κ3) is 3.78. The maximum Gasteiger partial charge on any atom is 0.326 e. The number of thioether (sulfide) groups is 1. The topological polar surface area (TPSA) is 89.9 Å². The molecule has 1 aliphatic rings. The molecule has 0 aromatic heterocycles. The molecule has 0 radical (unpaired) electrons. The zero-order valence-corrected chi connectivity index (χ0v) is 14.0. The zero-order valence-electron chi connectivity index (χ0n) is 13.1. The summed E-state index contributed by atoms with van der Waals surface area (Å²) in [5.41, 5.74) is -1.16. The van der Waals surface area contributed by atoms with Crippen LogP contribution in [0.2, 0.25) is 0 Å². The van der Waals surface area contributed by atoms with Crippen molar-refractivity contribution < 1.29 is 19.9 Å². The summed E-state index contributed by atoms with van der Waals surface area (Å²) in [6, 6.07) is -0.919. The number of nitrogens with one attached hydrogen (secondary N) is 1. The predicted molar refractivity (Wildman–Crippen MR) is 82.4 cm³/mol. The molecule has 0 saturated carbocycles. The van der Waals surface area contributed by atoms with Gasteiger partial charge in [0.1, 0.15) is 6.04 Å². The van der Waals surface area contributed by atoms with Crippen LogP contribution in [0.1, 0.15) is 34.1 Å². The minimum absolute atomic E-state index is 0.363. The molecule has 1 atom stereocenters. The number of carbonyl (C=O) groups is 2. The number of aliphatic carboxylic acids is 1. The van der Waals surface area contributed by atoms with E-state index in [-0.39, 0.29) is 0 Å². The first-order valence-electron chi connectivity index (χ1n) is 6.79. The van der Waals surface area contributed by atoms with Gasteiger partial charge in [-0.15, -0.1) is 0 Å². The largest absolute Gasteiger partial charge is 0.480 e. The highest BCUT2D eigenvalue weighted by atomic mass is 32.2. The predicted octanol–water partition coefficient (Wildman–Crippen LogP) is 1.50. The molecule has 0 saturated heterocycles. The lowest BCUT2D eigenvalue weighted by Crippen LogP contribution is -2.51. The van der Waals surface area contributed by atoms with Gasteiger partial charge in [-0.05, 0) is 46.1 Å². The molecule has 6 nitrogen and oxygen atoms in total. The number of nitrogens with zero attached hydrogens (tertiary/aromatic N) is 1. The maximum absolute atomic E-state index is 12.4. The second-order valence-electron chi connectivity index (χ2n) is 6.23. The van der Waals surface area contributed by atoms with E-state index < -0.39 is 29.0 Å². The standard InChI is InChI=1S/C14H24N2O4S/c1-13(2)8-9(14(3,4)16(13)20)11(17)15-10(12(18)19)6-7-21-5/h8,10,20H,6-7H2,1-5H3,(H,15,17)(H,18,19). The Balaban J connectivity index is 2.90. The first-order chi connectivity index (χ1) is 9.54. The highest BCUT2D eigenvalue weighted by Gasteiger charge is 2.48. The van der Waals surface area contributed by atoms with Crippen molar-refractivity contribution >= 4 is 23.6 Å². The molecule has 1 unspecified atom stereocenters. The number of carboxylic acids is 1. The molecule has 1 heterocycles. The van der Waals surface area contributed by atoms with E-state index in [2.05, 4.69) is 5.32 Å². The Kier molecular flexibility index (Phi) is 5.46. The van der Waals surface area contributed by atoms with Crippen LogP contribution in [0.3, 0.4) is 0 Å². The molecule has 0 aromatic rings. The summed E-state index contributed by atoms with van der Waals surface area (Å²) in [5, 5.41) is 23.0. The Bertz CT molecular complexity index is 460. The van der Waals surface area contributed by atoms with Crippen molar-refractivity contribution in [2.45, 2.75) is 51.2 Å². The van der Waals surface area contributed by atoms with E-state index in [0.29, 0.717) is 17.7 Å². The molecule has 1 rings (SSSR count). The van der Waals surface area contributed by atoms with Crippen LogP contribution < -0.4 is 5.32 Å². The highest BCUT2D eigenvalue weighted by molar-refractivity contribution is 7.98. The Labute approximate surface area is 129 Å². The van der Waals surface area contributed by atoms with Crippen molar-refractivity contribution in [2.75, 3.05) is 12.0 Å². The third-order valence-electron chi connectivity index (χ3n) is 3.69. The van der Waals surface area contributed by atoms with Crippen LogP contribution in [-0.2, 0) is 9.59 Å². The number of amides is 1. The monoisotopic (exact) mass is 316 g/mol. The van der Waals surface area contributed by atoms with Gasteiger partial charge in [-0.3, -0.25) is 4.79 Å². The summed E-state index contributed by atoms with van der Waals surface area (Å²) < 4.78 is 0. The third-order valence-corrected chi connectivity index (χ3v) is 4.33. The fourth-order valence-electron chi connectivity index (χ4n) is 2.50. The average Bonchev–Trinajstić information content (AvgIpc) is 2.54. The van der Waals surface area contributed by atoms with Gasteiger partial charge in [0.05, 0.1) is 11.1 Å². The van der Waals surface area contributed by atoms with E-state index >= 15 is 0 Å². The number of carbonyl (C=O) groups excluding carboxylic acids is 1. The van der Waals surface area contributed by atoms with E-state index in [1.54, 1.807) is 33.8 Å². The lowest BCUT2D eigenvalue weighted by Gasteiger charge is -2.35. The van der Waals surface area contributed by atoms with Crippen molar-refractivity contribution in [1.82, 2.24) is 10.4 Å². The lowest BCUT2D eigenvalue weighted by molar-refractivity contribution is -0.186. The van der Waals surface area contributed by atoms with Crippen molar-refractivity contribution in [2.24, 2.45) is 0 Å². The highest BCUT2D eigenvalue weighted by Crippen LogP contribution is 2.38. The number of hydrogen-bond donors (Lipinski definition) is 3. The van der Waals surface area contributed by atoms with Gasteiger partial charge in [-0.2, -0.15) is 16.8 Å². The Morgan fingerprint density at radius 1 is 1.38 bits per heavy atom. The molecule has 3 N–H and O–H groups in total. The fraction of sp³-hybridized carbons (Fsp3) is 0.714. The smallest absolute Gasteiger partial charge is 0.326 e. The van der Waals surface area contributed by atoms with Crippen LogP contribution in [-0.4, -0.2) is 56.4 Å². The van der Waals surface area contributed by atoms with Crippen molar-refractivity contribution in [3.63, 3.8) is 0 Å². The minimum atomic E-state index is -1.05. The summed E-state index contributed by atoms with van der Waals surface area (Å²) in [6.45, 7) is 7.03. The summed E-state index contributed by atoms with van der Waals surface area (Å²) >= 11 is 1.53. The lowest BCUT2D eigenvalue weighted by atomic mass is 9.95. The normalized spacial score (nSPS) is 21.7. The molecular formula is C14H24N2O4S. The van der Waals surface area contributed by atoms with Gasteiger partial charge < -0.3 is 15.6 Å². The van der Waals surface area contributed by atoms with Crippen molar-refractivity contribution in [3.05, 3.63) is 11.6 Å². The van der Waals surface area contributed by atoms with Gasteiger partial charge >= 0.3 is 5.97 Å². The molecule has 0 aliphatic carbocycles. The first-order valence-corrected chi connectivity index (χ1v) is 8.18. The molecule has 0 aromatic carbocycles. The number of hydrogen-bond acceptors (Lipinski definition) is 5. The van der Waals surface area contributed by atoms with Gasteiger partial charge in [0.15, 0.2) is 0 Å². The minimum Gasteiger partial charge on any atom is -0.480 e. The molecule has 0 spiro atoms. The fourth-order valence-corrected chi connectivity index (χ4v) is 2.97. The van der Waals surface area contributed by atoms with Crippen LogP contribution in [0, 0.1) is 0 Å². The van der Waals surface area contributed by atoms with Crippen LogP contribution in [0.4, 0.5) is 0 Å². The van der Waals surface area contributed by atoms with Crippen molar-refractivity contribution in [1.29, 1.82) is 0 Å². The average molecular weight is 316 g/mol. The van der Waals surface area contributed by atoms with E-state index in [0.717, 1.165) is 5.06 Å². The quantitative estimate of drug-likeness (QED) is 0.688. The van der Waals surface area contributed by atoms with Crippen LogP contribution in [0.5, 0.6) is 0 Å². The summed E-state index contributed by atoms with van der Waals surface area (Å²) in [4.78, 5) is 23.6. The van der Waals surface area contributed by atoms with E-state index in [1.165, 1.54) is 11.8 Å². The van der Waals surface area contributed by atoms with E-state index in [9.17, 15) is 19.9 Å². The molecule has 0 bridgehead atoms. The van der Waals surface area contributed by atoms with Crippen molar-refractivity contribution in [3.8, 4) is 0 Å². The second kappa shape index (κ2) is 6.37. The molecule has 0 fully saturated rings. The zero-order chi connectivity index (χ0) is 16.4. The molecular weight excluding hydrogens is 292 g/mol. The van der Waals surface area contributed by atoms with Gasteiger partial charge in [-0.25, -0.2) is 4.79 Å².